The quantitative estimate of drug-likeness (QED) is 0.868. The van der Waals surface area contributed by atoms with Crippen molar-refractivity contribution in [3.8, 4) is 0 Å². The molecule has 6 nitrogen and oxygen atoms in total. The Balaban J connectivity index is 2.40. The molecule has 2 amide bonds. The summed E-state index contributed by atoms with van der Waals surface area (Å²) in [4.78, 5) is 26.3. The number of carbonyl (C=O) groups is 2. The van der Waals surface area contributed by atoms with Crippen molar-refractivity contribution in [2.45, 2.75) is 25.3 Å². The molecule has 1 atom stereocenters. The number of aromatic nitrogens is 1. The Kier molecular flexibility index (Phi) is 3.85. The maximum atomic E-state index is 12.8. The molecular formula is C14H21N3O3. The zero-order valence-electron chi connectivity index (χ0n) is 12.2. The predicted octanol–water partition coefficient (Wildman–Crippen LogP) is 0.440. The number of likely N-dealkylation sites (tertiary alicyclic amines) is 1. The van der Waals surface area contributed by atoms with E-state index in [4.69, 9.17) is 10.5 Å². The highest BCUT2D eigenvalue weighted by molar-refractivity contribution is 5.99. The number of nitrogens with zero attached hydrogens (tertiary/aromatic N) is 2. The van der Waals surface area contributed by atoms with E-state index in [1.165, 1.54) is 7.11 Å². The monoisotopic (exact) mass is 279 g/mol. The van der Waals surface area contributed by atoms with Crippen molar-refractivity contribution in [1.82, 2.24) is 9.47 Å². The van der Waals surface area contributed by atoms with Crippen LogP contribution in [0, 0.1) is 6.92 Å². The Bertz CT molecular complexity index is 518. The van der Waals surface area contributed by atoms with Crippen LogP contribution < -0.4 is 5.73 Å². The van der Waals surface area contributed by atoms with Gasteiger partial charge in [-0.25, -0.2) is 0 Å². The van der Waals surface area contributed by atoms with Crippen molar-refractivity contribution >= 4 is 11.8 Å². The van der Waals surface area contributed by atoms with Gasteiger partial charge < -0.3 is 19.9 Å². The van der Waals surface area contributed by atoms with Crippen LogP contribution in [0.4, 0.5) is 0 Å². The lowest BCUT2D eigenvalue weighted by Crippen LogP contribution is -2.59. The molecule has 1 unspecified atom stereocenters. The Morgan fingerprint density at radius 1 is 1.50 bits per heavy atom. The Morgan fingerprint density at radius 3 is 2.70 bits per heavy atom. The average Bonchev–Trinajstić information content (AvgIpc) is 2.95. The third kappa shape index (κ3) is 2.10. The number of aryl methyl sites for hydroxylation is 2. The molecule has 0 radical (unpaired) electrons. The highest BCUT2D eigenvalue weighted by Gasteiger charge is 2.49. The van der Waals surface area contributed by atoms with Gasteiger partial charge in [0.15, 0.2) is 0 Å². The van der Waals surface area contributed by atoms with Crippen LogP contribution in [0.1, 0.15) is 28.9 Å². The van der Waals surface area contributed by atoms with E-state index in [0.29, 0.717) is 18.7 Å². The minimum atomic E-state index is -1.03. The lowest BCUT2D eigenvalue weighted by molar-refractivity contribution is -0.130. The third-order valence-electron chi connectivity index (χ3n) is 4.05. The smallest absolute Gasteiger partial charge is 0.271 e. The number of primary amides is 1. The molecule has 0 spiro atoms. The fraction of sp³-hybridized carbons (Fsp3) is 0.571. The van der Waals surface area contributed by atoms with Crippen LogP contribution >= 0.6 is 0 Å². The first-order valence-electron chi connectivity index (χ1n) is 6.67. The normalized spacial score (nSPS) is 22.2. The Hall–Kier alpha value is -1.82. The largest absolute Gasteiger partial charge is 0.382 e. The molecule has 1 aromatic rings. The number of hydrogen-bond acceptors (Lipinski definition) is 3. The summed E-state index contributed by atoms with van der Waals surface area (Å²) in [6, 6.07) is 1.88. The molecule has 2 heterocycles. The molecule has 1 aliphatic rings. The van der Waals surface area contributed by atoms with Gasteiger partial charge in [0.2, 0.25) is 5.91 Å². The van der Waals surface area contributed by atoms with Crippen LogP contribution in [0.3, 0.4) is 0 Å². The summed E-state index contributed by atoms with van der Waals surface area (Å²) in [5.41, 5.74) is 6.01. The van der Waals surface area contributed by atoms with E-state index < -0.39 is 11.4 Å². The van der Waals surface area contributed by atoms with Crippen molar-refractivity contribution in [2.75, 3.05) is 20.3 Å². The first kappa shape index (κ1) is 14.6. The maximum absolute atomic E-state index is 12.8. The molecule has 1 aliphatic heterocycles. The maximum Gasteiger partial charge on any atom is 0.271 e. The van der Waals surface area contributed by atoms with Crippen molar-refractivity contribution in [2.24, 2.45) is 12.8 Å². The number of ether oxygens (including phenoxy) is 1. The standard InChI is InChI=1S/C14H21N3O3/c1-10-5-8-16(2)11(10)12(18)17-7-4-6-14(17,9-20-3)13(15)19/h5,8H,4,6-7,9H2,1-3H3,(H2,15,19). The van der Waals surface area contributed by atoms with Crippen LogP contribution in [0.15, 0.2) is 12.3 Å². The SMILES string of the molecule is COCC1(C(N)=O)CCCN1C(=O)c1c(C)ccn1C. The molecule has 2 N–H and O–H groups in total. The zero-order chi connectivity index (χ0) is 14.9. The topological polar surface area (TPSA) is 77.6 Å². The molecule has 0 bridgehead atoms. The Labute approximate surface area is 118 Å². The summed E-state index contributed by atoms with van der Waals surface area (Å²) >= 11 is 0. The molecule has 0 aromatic carbocycles. The summed E-state index contributed by atoms with van der Waals surface area (Å²) in [5, 5.41) is 0. The average molecular weight is 279 g/mol. The second-order valence-electron chi connectivity index (χ2n) is 5.35. The van der Waals surface area contributed by atoms with E-state index in [2.05, 4.69) is 0 Å². The molecular weight excluding hydrogens is 258 g/mol. The van der Waals surface area contributed by atoms with E-state index >= 15 is 0 Å². The van der Waals surface area contributed by atoms with Gasteiger partial charge in [0.1, 0.15) is 11.2 Å². The van der Waals surface area contributed by atoms with Gasteiger partial charge in [0.25, 0.3) is 5.91 Å². The highest BCUT2D eigenvalue weighted by atomic mass is 16.5. The van der Waals surface area contributed by atoms with E-state index in [1.54, 1.807) is 9.47 Å². The molecule has 6 heteroatoms. The van der Waals surface area contributed by atoms with Crippen LogP contribution in [-0.2, 0) is 16.6 Å². The molecule has 1 fully saturated rings. The lowest BCUT2D eigenvalue weighted by atomic mass is 9.96. The minimum absolute atomic E-state index is 0.136. The van der Waals surface area contributed by atoms with Crippen molar-refractivity contribution in [3.05, 3.63) is 23.5 Å². The molecule has 0 saturated carbocycles. The van der Waals surface area contributed by atoms with Crippen LogP contribution in [0.2, 0.25) is 0 Å². The Morgan fingerprint density at radius 2 is 2.20 bits per heavy atom. The molecule has 20 heavy (non-hydrogen) atoms. The van der Waals surface area contributed by atoms with Gasteiger partial charge in [-0.15, -0.1) is 0 Å². The first-order valence-corrected chi connectivity index (χ1v) is 6.67. The van der Waals surface area contributed by atoms with Gasteiger partial charge in [-0.1, -0.05) is 0 Å². The number of carbonyl (C=O) groups excluding carboxylic acids is 2. The molecule has 2 rings (SSSR count). The molecule has 110 valence electrons. The van der Waals surface area contributed by atoms with Gasteiger partial charge in [0.05, 0.1) is 6.61 Å². The van der Waals surface area contributed by atoms with E-state index in [-0.39, 0.29) is 12.5 Å². The highest BCUT2D eigenvalue weighted by Crippen LogP contribution is 2.31. The fourth-order valence-electron chi connectivity index (χ4n) is 2.99. The van der Waals surface area contributed by atoms with E-state index in [1.807, 2.05) is 26.2 Å². The number of rotatable bonds is 4. The molecule has 1 aromatic heterocycles. The van der Waals surface area contributed by atoms with Crippen molar-refractivity contribution in [3.63, 3.8) is 0 Å². The van der Waals surface area contributed by atoms with E-state index in [9.17, 15) is 9.59 Å². The van der Waals surface area contributed by atoms with Gasteiger partial charge in [0, 0.05) is 26.9 Å². The number of methoxy groups -OCH3 is 1. The number of nitrogens with two attached hydrogens (primary N) is 1. The summed E-state index contributed by atoms with van der Waals surface area (Å²) in [6.45, 7) is 2.54. The lowest BCUT2D eigenvalue weighted by Gasteiger charge is -2.35. The molecule has 0 aliphatic carbocycles. The van der Waals surface area contributed by atoms with Gasteiger partial charge in [-0.2, -0.15) is 0 Å². The summed E-state index contributed by atoms with van der Waals surface area (Å²) in [7, 11) is 3.33. The van der Waals surface area contributed by atoms with Gasteiger partial charge in [-0.05, 0) is 31.4 Å². The molecule has 1 saturated heterocycles. The van der Waals surface area contributed by atoms with Crippen molar-refractivity contribution < 1.29 is 14.3 Å². The van der Waals surface area contributed by atoms with Gasteiger partial charge >= 0.3 is 0 Å². The van der Waals surface area contributed by atoms with E-state index in [0.717, 1.165) is 12.0 Å². The number of amides is 2. The minimum Gasteiger partial charge on any atom is -0.382 e. The van der Waals surface area contributed by atoms with Crippen LogP contribution in [0.25, 0.3) is 0 Å². The third-order valence-corrected chi connectivity index (χ3v) is 4.05. The van der Waals surface area contributed by atoms with Crippen molar-refractivity contribution in [1.29, 1.82) is 0 Å². The summed E-state index contributed by atoms with van der Waals surface area (Å²) in [5.74, 6) is -0.666. The second-order valence-corrected chi connectivity index (χ2v) is 5.35. The number of hydrogen-bond donors (Lipinski definition) is 1. The van der Waals surface area contributed by atoms with Crippen LogP contribution in [-0.4, -0.2) is 47.1 Å². The first-order chi connectivity index (χ1) is 9.44. The predicted molar refractivity (Wildman–Crippen MR) is 74.2 cm³/mol. The fourth-order valence-corrected chi connectivity index (χ4v) is 2.99. The zero-order valence-corrected chi connectivity index (χ0v) is 12.2. The second kappa shape index (κ2) is 5.28. The summed E-state index contributed by atoms with van der Waals surface area (Å²) < 4.78 is 6.92. The van der Waals surface area contributed by atoms with Crippen LogP contribution in [0.5, 0.6) is 0 Å². The van der Waals surface area contributed by atoms with Gasteiger partial charge in [-0.3, -0.25) is 9.59 Å². The summed E-state index contributed by atoms with van der Waals surface area (Å²) in [6.07, 6.45) is 3.13.